The molecule has 0 spiro atoms. The number of nitrogens with zero attached hydrogens (tertiary/aromatic N) is 1. The Bertz CT molecular complexity index is 587. The maximum Gasteiger partial charge on any atom is 0.406 e. The number of aromatic nitrogens is 1. The molecule has 1 heterocycles. The Morgan fingerprint density at radius 2 is 2.11 bits per heavy atom. The summed E-state index contributed by atoms with van der Waals surface area (Å²) in [4.78, 5) is 10.9. The molecule has 1 aromatic heterocycles. The fourth-order valence-electron chi connectivity index (χ4n) is 1.85. The molecule has 0 fully saturated rings. The third-order valence-electron chi connectivity index (χ3n) is 2.60. The van der Waals surface area contributed by atoms with Crippen LogP contribution in [0, 0.1) is 0 Å². The Morgan fingerprint density at radius 1 is 1.39 bits per heavy atom. The fraction of sp³-hybridized carbons (Fsp3) is 0.250. The van der Waals surface area contributed by atoms with Gasteiger partial charge in [-0.1, -0.05) is 0 Å². The van der Waals surface area contributed by atoms with Crippen molar-refractivity contribution in [3.05, 3.63) is 30.0 Å². The molecule has 0 radical (unpaired) electrons. The van der Waals surface area contributed by atoms with E-state index in [1.807, 2.05) is 0 Å². The average Bonchev–Trinajstić information content (AvgIpc) is 2.64. The quantitative estimate of drug-likeness (QED) is 0.791. The Labute approximate surface area is 101 Å². The number of methoxy groups -OCH3 is 1. The average molecular weight is 257 g/mol. The van der Waals surface area contributed by atoms with E-state index in [-0.39, 0.29) is 5.56 Å². The van der Waals surface area contributed by atoms with Crippen LogP contribution in [0.4, 0.5) is 13.2 Å². The van der Waals surface area contributed by atoms with Crippen molar-refractivity contribution in [3.8, 4) is 5.75 Å². The Hall–Kier alpha value is -1.98. The smallest absolute Gasteiger partial charge is 0.406 e. The van der Waals surface area contributed by atoms with Crippen molar-refractivity contribution >= 4 is 17.2 Å². The molecular weight excluding hydrogens is 247 g/mol. The van der Waals surface area contributed by atoms with Crippen molar-refractivity contribution < 1.29 is 22.7 Å². The van der Waals surface area contributed by atoms with Gasteiger partial charge in [-0.3, -0.25) is 4.79 Å². The standard InChI is InChI=1S/C12H10F3NO2/c1-18-9-2-3-11-10(4-9)8(6-17)5-16(11)7-12(13,14)15/h2-6H,7H2,1H3. The molecule has 6 heteroatoms. The van der Waals surface area contributed by atoms with Crippen molar-refractivity contribution in [2.75, 3.05) is 7.11 Å². The largest absolute Gasteiger partial charge is 0.497 e. The molecule has 0 amide bonds. The van der Waals surface area contributed by atoms with Gasteiger partial charge in [0, 0.05) is 22.7 Å². The highest BCUT2D eigenvalue weighted by atomic mass is 19.4. The molecule has 18 heavy (non-hydrogen) atoms. The van der Waals surface area contributed by atoms with Crippen LogP contribution in [0.25, 0.3) is 10.9 Å². The van der Waals surface area contributed by atoms with Crippen molar-refractivity contribution in [1.82, 2.24) is 4.57 Å². The lowest BCUT2D eigenvalue weighted by Gasteiger charge is -2.09. The van der Waals surface area contributed by atoms with Crippen molar-refractivity contribution in [2.24, 2.45) is 0 Å². The molecule has 0 saturated heterocycles. The summed E-state index contributed by atoms with van der Waals surface area (Å²) < 4.78 is 43.2. The van der Waals surface area contributed by atoms with Crippen molar-refractivity contribution in [3.63, 3.8) is 0 Å². The number of rotatable bonds is 3. The summed E-state index contributed by atoms with van der Waals surface area (Å²) in [7, 11) is 1.45. The van der Waals surface area contributed by atoms with E-state index in [0.717, 1.165) is 4.57 Å². The summed E-state index contributed by atoms with van der Waals surface area (Å²) in [6.07, 6.45) is -2.59. The number of alkyl halides is 3. The highest BCUT2D eigenvalue weighted by molar-refractivity contribution is 5.98. The second-order valence-corrected chi connectivity index (χ2v) is 3.83. The zero-order valence-corrected chi connectivity index (χ0v) is 9.49. The zero-order chi connectivity index (χ0) is 13.3. The van der Waals surface area contributed by atoms with Crippen molar-refractivity contribution in [2.45, 2.75) is 12.7 Å². The SMILES string of the molecule is COc1ccc2c(c1)c(C=O)cn2CC(F)(F)F. The minimum absolute atomic E-state index is 0.216. The van der Waals surface area contributed by atoms with Gasteiger partial charge < -0.3 is 9.30 Å². The number of fused-ring (bicyclic) bond motifs is 1. The lowest BCUT2D eigenvalue weighted by molar-refractivity contribution is -0.139. The highest BCUT2D eigenvalue weighted by Crippen LogP contribution is 2.28. The van der Waals surface area contributed by atoms with E-state index < -0.39 is 12.7 Å². The number of halogens is 3. The van der Waals surface area contributed by atoms with Gasteiger partial charge in [-0.05, 0) is 18.2 Å². The molecule has 2 aromatic rings. The summed E-state index contributed by atoms with van der Waals surface area (Å²) in [5, 5.41) is 0.452. The van der Waals surface area contributed by atoms with Crippen LogP contribution in [0.1, 0.15) is 10.4 Å². The first kappa shape index (κ1) is 12.5. The van der Waals surface area contributed by atoms with Crippen LogP contribution in [0.5, 0.6) is 5.75 Å². The molecule has 0 bridgehead atoms. The van der Waals surface area contributed by atoms with Gasteiger partial charge in [-0.2, -0.15) is 13.2 Å². The van der Waals surface area contributed by atoms with E-state index in [4.69, 9.17) is 4.74 Å². The van der Waals surface area contributed by atoms with Crippen LogP contribution in [-0.2, 0) is 6.54 Å². The molecule has 0 aliphatic rings. The predicted molar refractivity (Wildman–Crippen MR) is 59.9 cm³/mol. The molecule has 0 atom stereocenters. The van der Waals surface area contributed by atoms with Crippen LogP contribution in [0.3, 0.4) is 0 Å². The summed E-state index contributed by atoms with van der Waals surface area (Å²) >= 11 is 0. The Balaban J connectivity index is 2.59. The molecule has 0 saturated carbocycles. The van der Waals surface area contributed by atoms with E-state index in [2.05, 4.69) is 0 Å². The van der Waals surface area contributed by atoms with E-state index in [1.54, 1.807) is 12.1 Å². The number of hydrogen-bond donors (Lipinski definition) is 0. The van der Waals surface area contributed by atoms with Crippen molar-refractivity contribution in [1.29, 1.82) is 0 Å². The fourth-order valence-corrected chi connectivity index (χ4v) is 1.85. The van der Waals surface area contributed by atoms with E-state index in [9.17, 15) is 18.0 Å². The minimum atomic E-state index is -4.33. The highest BCUT2D eigenvalue weighted by Gasteiger charge is 2.28. The van der Waals surface area contributed by atoms with E-state index in [1.165, 1.54) is 19.4 Å². The molecule has 3 nitrogen and oxygen atoms in total. The third-order valence-corrected chi connectivity index (χ3v) is 2.60. The molecule has 0 aliphatic carbocycles. The van der Waals surface area contributed by atoms with Crippen LogP contribution >= 0.6 is 0 Å². The van der Waals surface area contributed by atoms with Gasteiger partial charge in [0.15, 0.2) is 6.29 Å². The number of benzene rings is 1. The number of aldehydes is 1. The minimum Gasteiger partial charge on any atom is -0.497 e. The Morgan fingerprint density at radius 3 is 2.67 bits per heavy atom. The summed E-state index contributed by atoms with van der Waals surface area (Å²) in [5.41, 5.74) is 0.573. The molecular formula is C12H10F3NO2. The topological polar surface area (TPSA) is 31.2 Å². The van der Waals surface area contributed by atoms with Crippen LogP contribution in [-0.4, -0.2) is 24.1 Å². The number of carbonyl (C=O) groups is 1. The lowest BCUT2D eigenvalue weighted by Crippen LogP contribution is -2.16. The van der Waals surface area contributed by atoms with Crippen LogP contribution in [0.2, 0.25) is 0 Å². The van der Waals surface area contributed by atoms with Gasteiger partial charge in [0.2, 0.25) is 0 Å². The predicted octanol–water partition coefficient (Wildman–Crippen LogP) is 3.02. The van der Waals surface area contributed by atoms with Gasteiger partial charge >= 0.3 is 6.18 Å². The van der Waals surface area contributed by atoms with Gasteiger partial charge in [-0.15, -0.1) is 0 Å². The number of hydrogen-bond acceptors (Lipinski definition) is 2. The zero-order valence-electron chi connectivity index (χ0n) is 9.49. The molecule has 0 aliphatic heterocycles. The first-order valence-electron chi connectivity index (χ1n) is 5.13. The molecule has 96 valence electrons. The number of ether oxygens (including phenoxy) is 1. The van der Waals surface area contributed by atoms with Gasteiger partial charge in [0.1, 0.15) is 12.3 Å². The maximum atomic E-state index is 12.4. The second kappa shape index (κ2) is 4.36. The summed E-state index contributed by atoms with van der Waals surface area (Å²) in [6.45, 7) is -1.12. The van der Waals surface area contributed by atoms with Crippen LogP contribution in [0.15, 0.2) is 24.4 Å². The van der Waals surface area contributed by atoms with E-state index in [0.29, 0.717) is 22.9 Å². The molecule has 2 rings (SSSR count). The summed E-state index contributed by atoms with van der Waals surface area (Å²) in [5.74, 6) is 0.496. The second-order valence-electron chi connectivity index (χ2n) is 3.83. The first-order chi connectivity index (χ1) is 8.44. The van der Waals surface area contributed by atoms with Crippen LogP contribution < -0.4 is 4.74 Å². The van der Waals surface area contributed by atoms with E-state index >= 15 is 0 Å². The first-order valence-corrected chi connectivity index (χ1v) is 5.13. The molecule has 0 N–H and O–H groups in total. The third kappa shape index (κ3) is 2.32. The van der Waals surface area contributed by atoms with Gasteiger partial charge in [0.25, 0.3) is 0 Å². The maximum absolute atomic E-state index is 12.4. The lowest BCUT2D eigenvalue weighted by atomic mass is 10.2. The molecule has 1 aromatic carbocycles. The Kier molecular flexibility index (Phi) is 3.02. The van der Waals surface area contributed by atoms with Gasteiger partial charge in [-0.25, -0.2) is 0 Å². The summed E-state index contributed by atoms with van der Waals surface area (Å²) in [6, 6.07) is 4.61. The number of carbonyl (C=O) groups excluding carboxylic acids is 1. The normalized spacial score (nSPS) is 11.8. The monoisotopic (exact) mass is 257 g/mol. The van der Waals surface area contributed by atoms with Gasteiger partial charge in [0.05, 0.1) is 7.11 Å². The molecule has 0 unspecified atom stereocenters.